The molecule has 1 saturated carbocycles. The number of hydrogen-bond acceptors (Lipinski definition) is 3. The number of rotatable bonds is 3. The fourth-order valence-corrected chi connectivity index (χ4v) is 4.40. The van der Waals surface area contributed by atoms with Gasteiger partial charge in [-0.25, -0.2) is 22.9 Å². The predicted molar refractivity (Wildman–Crippen MR) is 108 cm³/mol. The number of halogens is 3. The van der Waals surface area contributed by atoms with Crippen LogP contribution in [-0.2, 0) is 0 Å². The fourth-order valence-electron chi connectivity index (χ4n) is 4.40. The smallest absolute Gasteiger partial charge is 0.317 e. The quantitative estimate of drug-likeness (QED) is 0.785. The van der Waals surface area contributed by atoms with E-state index >= 15 is 0 Å². The van der Waals surface area contributed by atoms with Crippen molar-refractivity contribution in [2.45, 2.75) is 56.4 Å². The molecule has 1 saturated heterocycles. The number of likely N-dealkylation sites (tertiary alicyclic amines) is 1. The van der Waals surface area contributed by atoms with E-state index in [-0.39, 0.29) is 43.7 Å². The van der Waals surface area contributed by atoms with Crippen molar-refractivity contribution in [2.75, 3.05) is 13.1 Å². The van der Waals surface area contributed by atoms with Crippen LogP contribution in [-0.4, -0.2) is 45.5 Å². The largest absolute Gasteiger partial charge is 0.335 e. The van der Waals surface area contributed by atoms with Crippen LogP contribution in [0, 0.1) is 17.1 Å². The van der Waals surface area contributed by atoms with Gasteiger partial charge >= 0.3 is 6.03 Å². The van der Waals surface area contributed by atoms with Crippen LogP contribution < -0.4 is 5.32 Å². The topological polar surface area (TPSA) is 74.0 Å². The second-order valence-corrected chi connectivity index (χ2v) is 8.28. The highest BCUT2D eigenvalue weighted by Gasteiger charge is 2.36. The van der Waals surface area contributed by atoms with Crippen LogP contribution in [0.5, 0.6) is 0 Å². The lowest BCUT2D eigenvalue weighted by molar-refractivity contribution is -0.0398. The molecule has 164 valence electrons. The highest BCUT2D eigenvalue weighted by Crippen LogP contribution is 2.34. The average molecular weight is 431 g/mol. The van der Waals surface area contributed by atoms with Crippen molar-refractivity contribution < 1.29 is 18.0 Å². The molecule has 1 aromatic heterocycles. The van der Waals surface area contributed by atoms with Gasteiger partial charge in [0.15, 0.2) is 0 Å². The monoisotopic (exact) mass is 431 g/mol. The van der Waals surface area contributed by atoms with Crippen LogP contribution in [0.2, 0.25) is 0 Å². The third kappa shape index (κ3) is 4.68. The standard InChI is InChI=1S/C22H24F3N5O/c23-16-2-1-3-18(12-16)30-14-27-20(19(30)13-26)15-6-10-29(11-7-15)21(31)28-17-4-8-22(24,25)9-5-17/h1-3,12,14-15,17H,4-11H2,(H,28,31). The number of aromatic nitrogens is 2. The van der Waals surface area contributed by atoms with Gasteiger partial charge < -0.3 is 10.2 Å². The Hall–Kier alpha value is -3.02. The Morgan fingerprint density at radius 1 is 1.19 bits per heavy atom. The van der Waals surface area contributed by atoms with Gasteiger partial charge in [0.2, 0.25) is 5.92 Å². The first-order chi connectivity index (χ1) is 14.9. The summed E-state index contributed by atoms with van der Waals surface area (Å²) in [4.78, 5) is 18.6. The van der Waals surface area contributed by atoms with Crippen molar-refractivity contribution >= 4 is 6.03 Å². The molecule has 1 aliphatic carbocycles. The SMILES string of the molecule is N#Cc1c(C2CCN(C(=O)NC3CCC(F)(F)CC3)CC2)ncn1-c1cccc(F)c1. The molecule has 0 atom stereocenters. The van der Waals surface area contributed by atoms with Crippen molar-refractivity contribution in [1.29, 1.82) is 5.26 Å². The second kappa shape index (κ2) is 8.61. The highest BCUT2D eigenvalue weighted by atomic mass is 19.3. The number of benzene rings is 1. The van der Waals surface area contributed by atoms with Crippen molar-refractivity contribution in [2.24, 2.45) is 0 Å². The van der Waals surface area contributed by atoms with Gasteiger partial charge in [0.1, 0.15) is 23.9 Å². The van der Waals surface area contributed by atoms with Crippen LogP contribution >= 0.6 is 0 Å². The van der Waals surface area contributed by atoms with Crippen LogP contribution in [0.4, 0.5) is 18.0 Å². The summed E-state index contributed by atoms with van der Waals surface area (Å²) in [5, 5.41) is 12.6. The second-order valence-electron chi connectivity index (χ2n) is 8.28. The summed E-state index contributed by atoms with van der Waals surface area (Å²) in [7, 11) is 0. The Morgan fingerprint density at radius 3 is 2.55 bits per heavy atom. The first-order valence-electron chi connectivity index (χ1n) is 10.5. The molecule has 0 spiro atoms. The lowest BCUT2D eigenvalue weighted by Crippen LogP contribution is -2.49. The molecule has 2 amide bonds. The molecule has 31 heavy (non-hydrogen) atoms. The lowest BCUT2D eigenvalue weighted by Gasteiger charge is -2.34. The van der Waals surface area contributed by atoms with Crippen molar-refractivity contribution in [3.05, 3.63) is 47.8 Å². The summed E-state index contributed by atoms with van der Waals surface area (Å²) in [6, 6.07) is 7.72. The zero-order chi connectivity index (χ0) is 22.0. The van der Waals surface area contributed by atoms with Gasteiger partial charge in [-0.05, 0) is 43.9 Å². The predicted octanol–water partition coefficient (Wildman–Crippen LogP) is 4.35. The van der Waals surface area contributed by atoms with E-state index in [1.54, 1.807) is 21.6 Å². The molecule has 2 fully saturated rings. The van der Waals surface area contributed by atoms with Crippen LogP contribution in [0.3, 0.4) is 0 Å². The number of imidazole rings is 1. The maximum atomic E-state index is 13.6. The molecule has 1 N–H and O–H groups in total. The molecule has 2 heterocycles. The molecule has 0 bridgehead atoms. The van der Waals surface area contributed by atoms with Gasteiger partial charge in [0, 0.05) is 37.9 Å². The van der Waals surface area contributed by atoms with Gasteiger partial charge in [-0.3, -0.25) is 4.57 Å². The van der Waals surface area contributed by atoms with Gasteiger partial charge in [0.25, 0.3) is 0 Å². The van der Waals surface area contributed by atoms with E-state index in [1.165, 1.54) is 18.5 Å². The molecule has 1 aromatic carbocycles. The third-order valence-corrected chi connectivity index (χ3v) is 6.20. The van der Waals surface area contributed by atoms with Crippen molar-refractivity contribution in [3.8, 4) is 11.8 Å². The normalized spacial score (nSPS) is 19.7. The number of amides is 2. The Morgan fingerprint density at radius 2 is 1.90 bits per heavy atom. The molecule has 0 unspecified atom stereocenters. The molecule has 6 nitrogen and oxygen atoms in total. The summed E-state index contributed by atoms with van der Waals surface area (Å²) in [5.74, 6) is -2.99. The zero-order valence-electron chi connectivity index (χ0n) is 17.0. The Labute approximate surface area is 178 Å². The van der Waals surface area contributed by atoms with Crippen LogP contribution in [0.1, 0.15) is 55.8 Å². The Balaban J connectivity index is 1.37. The van der Waals surface area contributed by atoms with Crippen LogP contribution in [0.15, 0.2) is 30.6 Å². The number of carbonyl (C=O) groups excluding carboxylic acids is 1. The Kier molecular flexibility index (Phi) is 5.90. The first-order valence-corrected chi connectivity index (χ1v) is 10.5. The summed E-state index contributed by atoms with van der Waals surface area (Å²) >= 11 is 0. The minimum atomic E-state index is -2.62. The van der Waals surface area contributed by atoms with E-state index in [2.05, 4.69) is 16.4 Å². The highest BCUT2D eigenvalue weighted by molar-refractivity contribution is 5.74. The molecular formula is C22H24F3N5O. The number of hydrogen-bond donors (Lipinski definition) is 1. The number of nitriles is 1. The van der Waals surface area contributed by atoms with Crippen LogP contribution in [0.25, 0.3) is 5.69 Å². The first kappa shape index (κ1) is 21.2. The molecule has 0 radical (unpaired) electrons. The molecule has 2 aliphatic rings. The van der Waals surface area contributed by atoms with E-state index < -0.39 is 11.7 Å². The number of alkyl halides is 2. The maximum absolute atomic E-state index is 13.6. The number of nitrogens with zero attached hydrogens (tertiary/aromatic N) is 4. The molecule has 4 rings (SSSR count). The van der Waals surface area contributed by atoms with Crippen molar-refractivity contribution in [3.63, 3.8) is 0 Å². The van der Waals surface area contributed by atoms with Gasteiger partial charge in [-0.1, -0.05) is 6.07 Å². The van der Waals surface area contributed by atoms with E-state index in [0.29, 0.717) is 43.0 Å². The average Bonchev–Trinajstić information content (AvgIpc) is 3.19. The van der Waals surface area contributed by atoms with E-state index in [1.807, 2.05) is 0 Å². The van der Waals surface area contributed by atoms with E-state index in [4.69, 9.17) is 0 Å². The van der Waals surface area contributed by atoms with Gasteiger partial charge in [0.05, 0.1) is 11.4 Å². The molecule has 9 heteroatoms. The third-order valence-electron chi connectivity index (χ3n) is 6.20. The summed E-state index contributed by atoms with van der Waals surface area (Å²) in [6.45, 7) is 0.994. The minimum absolute atomic E-state index is 0.0156. The molecule has 2 aromatic rings. The number of piperidine rings is 1. The number of urea groups is 1. The summed E-state index contributed by atoms with van der Waals surface area (Å²) < 4.78 is 41.7. The van der Waals surface area contributed by atoms with Gasteiger partial charge in [-0.2, -0.15) is 5.26 Å². The minimum Gasteiger partial charge on any atom is -0.335 e. The van der Waals surface area contributed by atoms with E-state index in [0.717, 1.165) is 0 Å². The van der Waals surface area contributed by atoms with E-state index in [9.17, 15) is 23.2 Å². The van der Waals surface area contributed by atoms with Crippen molar-refractivity contribution in [1.82, 2.24) is 19.8 Å². The van der Waals surface area contributed by atoms with Gasteiger partial charge in [-0.15, -0.1) is 0 Å². The molecular weight excluding hydrogens is 407 g/mol. The summed E-state index contributed by atoms with van der Waals surface area (Å²) in [5.41, 5.74) is 1.56. The summed E-state index contributed by atoms with van der Waals surface area (Å²) in [6.07, 6.45) is 3.02. The number of nitrogens with one attached hydrogen (secondary N) is 1. The lowest BCUT2D eigenvalue weighted by atomic mass is 9.91. The fraction of sp³-hybridized carbons (Fsp3) is 0.500. The molecule has 1 aliphatic heterocycles. The zero-order valence-corrected chi connectivity index (χ0v) is 17.0. The maximum Gasteiger partial charge on any atom is 0.317 e. The Bertz CT molecular complexity index is 981. The number of carbonyl (C=O) groups is 1.